The molecule has 0 aliphatic heterocycles. The van der Waals surface area contributed by atoms with E-state index in [9.17, 15) is 4.57 Å². The number of rotatable bonds is 8. The van der Waals surface area contributed by atoms with Gasteiger partial charge in [-0.2, -0.15) is 0 Å². The molecule has 2 aromatic heterocycles. The van der Waals surface area contributed by atoms with Gasteiger partial charge in [0.1, 0.15) is 19.3 Å². The van der Waals surface area contributed by atoms with Crippen molar-refractivity contribution >= 4 is 47.4 Å². The number of aryl methyl sites for hydroxylation is 2. The minimum atomic E-state index is -2.30. The van der Waals surface area contributed by atoms with Crippen LogP contribution in [-0.2, 0) is 4.57 Å². The SMILES string of the molecule is CCC(CC)c1nc(Nc2ccc(P(C)(C)=O)cc2)c2ncn(C=Cc3c(C)cccc3C)c2n1. The van der Waals surface area contributed by atoms with Crippen molar-refractivity contribution in [3.63, 3.8) is 0 Å². The average Bonchev–Trinajstić information content (AvgIpc) is 3.23. The molecule has 1 N–H and O–H groups in total. The lowest BCUT2D eigenvalue weighted by molar-refractivity contribution is 0.588. The third-order valence-electron chi connectivity index (χ3n) is 6.49. The standard InChI is InChI=1S/C28H34N5OP/c1-7-21(8-2)26-31-27(30-22-12-14-23(15-13-22)35(5,6)34)25-28(32-26)33(18-29-25)17-16-24-19(3)10-9-11-20(24)4/h9-18,21H,7-8H2,1-6H3,(H,30,31,32). The monoisotopic (exact) mass is 487 g/mol. The van der Waals surface area contributed by atoms with E-state index in [4.69, 9.17) is 9.97 Å². The first kappa shape index (κ1) is 24.9. The minimum Gasteiger partial charge on any atom is -0.338 e. The summed E-state index contributed by atoms with van der Waals surface area (Å²) in [4.78, 5) is 14.5. The lowest BCUT2D eigenvalue weighted by atomic mass is 10.0. The molecular weight excluding hydrogens is 453 g/mol. The molecule has 0 saturated carbocycles. The van der Waals surface area contributed by atoms with Gasteiger partial charge >= 0.3 is 0 Å². The molecule has 0 atom stereocenters. The number of hydrogen-bond acceptors (Lipinski definition) is 5. The van der Waals surface area contributed by atoms with Gasteiger partial charge in [0.15, 0.2) is 17.0 Å². The molecule has 0 radical (unpaired) electrons. The van der Waals surface area contributed by atoms with E-state index in [1.807, 2.05) is 35.0 Å². The molecule has 0 aliphatic carbocycles. The van der Waals surface area contributed by atoms with E-state index in [0.29, 0.717) is 11.3 Å². The van der Waals surface area contributed by atoms with Crippen molar-refractivity contribution < 1.29 is 4.57 Å². The maximum Gasteiger partial charge on any atom is 0.169 e. The summed E-state index contributed by atoms with van der Waals surface area (Å²) < 4.78 is 14.4. The van der Waals surface area contributed by atoms with Gasteiger partial charge in [-0.15, -0.1) is 0 Å². The largest absolute Gasteiger partial charge is 0.338 e. The molecule has 4 rings (SSSR count). The van der Waals surface area contributed by atoms with Crippen LogP contribution >= 0.6 is 7.14 Å². The molecule has 6 nitrogen and oxygen atoms in total. The molecule has 0 fully saturated rings. The van der Waals surface area contributed by atoms with Gasteiger partial charge < -0.3 is 9.88 Å². The van der Waals surface area contributed by atoms with Crippen molar-refractivity contribution in [2.75, 3.05) is 18.6 Å². The summed E-state index contributed by atoms with van der Waals surface area (Å²) in [5.74, 6) is 1.76. The Labute approximate surface area is 207 Å². The molecule has 182 valence electrons. The zero-order valence-corrected chi connectivity index (χ0v) is 22.3. The minimum absolute atomic E-state index is 0.263. The average molecular weight is 488 g/mol. The van der Waals surface area contributed by atoms with Crippen molar-refractivity contribution in [3.05, 3.63) is 71.3 Å². The van der Waals surface area contributed by atoms with Gasteiger partial charge in [0.05, 0.1) is 0 Å². The van der Waals surface area contributed by atoms with Gasteiger partial charge in [-0.1, -0.05) is 32.0 Å². The topological polar surface area (TPSA) is 72.7 Å². The van der Waals surface area contributed by atoms with Crippen molar-refractivity contribution in [2.24, 2.45) is 0 Å². The smallest absolute Gasteiger partial charge is 0.169 e. The first-order valence-corrected chi connectivity index (χ1v) is 14.7. The maximum atomic E-state index is 12.4. The fraction of sp³-hybridized carbons (Fsp3) is 0.321. The van der Waals surface area contributed by atoms with Crippen LogP contribution in [0.15, 0.2) is 48.8 Å². The lowest BCUT2D eigenvalue weighted by Crippen LogP contribution is -2.08. The van der Waals surface area contributed by atoms with Crippen LogP contribution < -0.4 is 10.6 Å². The van der Waals surface area contributed by atoms with Crippen molar-refractivity contribution in [3.8, 4) is 0 Å². The highest BCUT2D eigenvalue weighted by Gasteiger charge is 2.18. The summed E-state index contributed by atoms with van der Waals surface area (Å²) in [5, 5.41) is 4.29. The summed E-state index contributed by atoms with van der Waals surface area (Å²) >= 11 is 0. The summed E-state index contributed by atoms with van der Waals surface area (Å²) in [6.07, 6.45) is 7.85. The summed E-state index contributed by atoms with van der Waals surface area (Å²) in [6.45, 7) is 12.1. The number of anilines is 2. The molecule has 7 heteroatoms. The molecule has 0 unspecified atom stereocenters. The van der Waals surface area contributed by atoms with Crippen LogP contribution in [0.4, 0.5) is 11.5 Å². The highest BCUT2D eigenvalue weighted by molar-refractivity contribution is 7.70. The third kappa shape index (κ3) is 5.38. The highest BCUT2D eigenvalue weighted by atomic mass is 31.2. The van der Waals surface area contributed by atoms with Gasteiger partial charge in [0.2, 0.25) is 0 Å². The van der Waals surface area contributed by atoms with Crippen LogP contribution in [-0.4, -0.2) is 32.8 Å². The maximum absolute atomic E-state index is 12.4. The van der Waals surface area contributed by atoms with Crippen molar-refractivity contribution in [1.29, 1.82) is 0 Å². The fourth-order valence-corrected chi connectivity index (χ4v) is 5.12. The number of nitrogens with zero attached hydrogens (tertiary/aromatic N) is 4. The summed E-state index contributed by atoms with van der Waals surface area (Å²) in [6, 6.07) is 14.0. The van der Waals surface area contributed by atoms with E-state index in [1.54, 1.807) is 19.7 Å². The van der Waals surface area contributed by atoms with E-state index in [-0.39, 0.29) is 5.92 Å². The predicted octanol–water partition coefficient (Wildman–Crippen LogP) is 6.97. The van der Waals surface area contributed by atoms with Gasteiger partial charge in [-0.25, -0.2) is 15.0 Å². The molecule has 2 aromatic carbocycles. The van der Waals surface area contributed by atoms with Crippen LogP contribution in [0.3, 0.4) is 0 Å². The molecule has 0 saturated heterocycles. The Balaban J connectivity index is 1.78. The Morgan fingerprint density at radius 1 is 1.00 bits per heavy atom. The lowest BCUT2D eigenvalue weighted by Gasteiger charge is -2.14. The fourth-order valence-electron chi connectivity index (χ4n) is 4.25. The summed E-state index contributed by atoms with van der Waals surface area (Å²) in [7, 11) is -2.30. The molecular formula is C28H34N5OP. The first-order valence-electron chi connectivity index (χ1n) is 12.1. The second-order valence-electron chi connectivity index (χ2n) is 9.41. The van der Waals surface area contributed by atoms with E-state index < -0.39 is 7.14 Å². The Hall–Kier alpha value is -3.24. The summed E-state index contributed by atoms with van der Waals surface area (Å²) in [5.41, 5.74) is 6.02. The Kier molecular flexibility index (Phi) is 7.23. The van der Waals surface area contributed by atoms with Crippen LogP contribution in [0.5, 0.6) is 0 Å². The number of nitrogens with one attached hydrogen (secondary N) is 1. The quantitative estimate of drug-likeness (QED) is 0.272. The molecule has 0 amide bonds. The van der Waals surface area contributed by atoms with Crippen LogP contribution in [0.2, 0.25) is 0 Å². The van der Waals surface area contributed by atoms with Gasteiger partial charge in [-0.05, 0) is 87.1 Å². The van der Waals surface area contributed by atoms with Gasteiger partial charge in [0.25, 0.3) is 0 Å². The van der Waals surface area contributed by atoms with E-state index in [0.717, 1.165) is 35.3 Å². The van der Waals surface area contributed by atoms with Crippen LogP contribution in [0.25, 0.3) is 23.4 Å². The molecule has 35 heavy (non-hydrogen) atoms. The third-order valence-corrected chi connectivity index (χ3v) is 8.03. The predicted molar refractivity (Wildman–Crippen MR) is 149 cm³/mol. The van der Waals surface area contributed by atoms with Crippen LogP contribution in [0, 0.1) is 13.8 Å². The van der Waals surface area contributed by atoms with E-state index in [2.05, 4.69) is 62.3 Å². The Bertz CT molecular complexity index is 1390. The first-order chi connectivity index (χ1) is 16.7. The second kappa shape index (κ2) is 10.2. The highest BCUT2D eigenvalue weighted by Crippen LogP contribution is 2.35. The molecule has 2 heterocycles. The number of imidazole rings is 1. The normalized spacial score (nSPS) is 12.2. The number of hydrogen-bond donors (Lipinski definition) is 1. The van der Waals surface area contributed by atoms with Gasteiger partial charge in [-0.3, -0.25) is 4.57 Å². The molecule has 0 bridgehead atoms. The van der Waals surface area contributed by atoms with Crippen molar-refractivity contribution in [2.45, 2.75) is 46.5 Å². The van der Waals surface area contributed by atoms with Crippen molar-refractivity contribution in [1.82, 2.24) is 19.5 Å². The number of aromatic nitrogens is 4. The van der Waals surface area contributed by atoms with E-state index >= 15 is 0 Å². The number of fused-ring (bicyclic) bond motifs is 1. The van der Waals surface area contributed by atoms with E-state index in [1.165, 1.54) is 16.7 Å². The van der Waals surface area contributed by atoms with Gasteiger partial charge in [0, 0.05) is 23.1 Å². The zero-order chi connectivity index (χ0) is 25.2. The molecule has 0 spiro atoms. The Morgan fingerprint density at radius 3 is 2.26 bits per heavy atom. The Morgan fingerprint density at radius 2 is 1.66 bits per heavy atom. The second-order valence-corrected chi connectivity index (χ2v) is 12.6. The molecule has 0 aliphatic rings. The van der Waals surface area contributed by atoms with Crippen LogP contribution in [0.1, 0.15) is 55.1 Å². The zero-order valence-electron chi connectivity index (χ0n) is 21.4. The molecule has 4 aromatic rings. The number of benzene rings is 2.